The molecule has 1 heterocycles. The lowest BCUT2D eigenvalue weighted by Crippen LogP contribution is -2.40. The molecule has 5 nitrogen and oxygen atoms in total. The van der Waals surface area contributed by atoms with Gasteiger partial charge in [0.15, 0.2) is 18.1 Å². The van der Waals surface area contributed by atoms with Gasteiger partial charge in [-0.3, -0.25) is 4.79 Å². The molecule has 0 radical (unpaired) electrons. The van der Waals surface area contributed by atoms with E-state index in [4.69, 9.17) is 9.47 Å². The van der Waals surface area contributed by atoms with Gasteiger partial charge in [-0.15, -0.1) is 12.4 Å². The van der Waals surface area contributed by atoms with Crippen LogP contribution in [-0.2, 0) is 4.79 Å². The summed E-state index contributed by atoms with van der Waals surface area (Å²) in [5, 5.41) is 3.25. The summed E-state index contributed by atoms with van der Waals surface area (Å²) in [6.07, 6.45) is 0.997. The highest BCUT2D eigenvalue weighted by Crippen LogP contribution is 2.25. The lowest BCUT2D eigenvalue weighted by Gasteiger charge is -2.23. The number of hydrogen-bond donors (Lipinski definition) is 1. The molecule has 1 aromatic carbocycles. The van der Waals surface area contributed by atoms with E-state index in [1.165, 1.54) is 0 Å². The van der Waals surface area contributed by atoms with Gasteiger partial charge in [-0.2, -0.15) is 0 Å². The van der Waals surface area contributed by atoms with Crippen LogP contribution in [0.25, 0.3) is 0 Å². The van der Waals surface area contributed by atoms with Crippen molar-refractivity contribution >= 4 is 18.3 Å². The molecule has 0 spiro atoms. The van der Waals surface area contributed by atoms with Crippen LogP contribution in [0, 0.1) is 0 Å². The van der Waals surface area contributed by atoms with Crippen LogP contribution in [-0.4, -0.2) is 50.7 Å². The van der Waals surface area contributed by atoms with Crippen molar-refractivity contribution in [2.75, 3.05) is 33.9 Å². The van der Waals surface area contributed by atoms with Crippen LogP contribution in [0.2, 0.25) is 0 Å². The van der Waals surface area contributed by atoms with Gasteiger partial charge in [0.1, 0.15) is 0 Å². The molecule has 112 valence electrons. The number of likely N-dealkylation sites (N-methyl/N-ethyl adjacent to an activating group) is 1. The summed E-state index contributed by atoms with van der Waals surface area (Å²) in [5.41, 5.74) is 0. The standard InChI is InChI=1S/C14H20N2O3.ClH/c1-16(11-7-8-15-9-11)14(17)10-19-13-6-4-3-5-12(13)18-2;/h3-6,11,15H,7-10H2,1-2H3;1H. The number of halogens is 1. The van der Waals surface area contributed by atoms with Crippen molar-refractivity contribution in [1.82, 2.24) is 10.2 Å². The van der Waals surface area contributed by atoms with Gasteiger partial charge in [0.05, 0.1) is 7.11 Å². The molecule has 1 amide bonds. The molecule has 0 aromatic heterocycles. The van der Waals surface area contributed by atoms with Gasteiger partial charge in [0.2, 0.25) is 0 Å². The topological polar surface area (TPSA) is 50.8 Å². The Morgan fingerprint density at radius 1 is 1.40 bits per heavy atom. The first-order chi connectivity index (χ1) is 9.22. The minimum absolute atomic E-state index is 0. The summed E-state index contributed by atoms with van der Waals surface area (Å²) < 4.78 is 10.7. The smallest absolute Gasteiger partial charge is 0.260 e. The van der Waals surface area contributed by atoms with Gasteiger partial charge in [-0.25, -0.2) is 0 Å². The number of nitrogens with one attached hydrogen (secondary N) is 1. The van der Waals surface area contributed by atoms with Crippen LogP contribution in [0.5, 0.6) is 11.5 Å². The summed E-state index contributed by atoms with van der Waals surface area (Å²) in [6, 6.07) is 7.60. The number of methoxy groups -OCH3 is 1. The molecule has 0 bridgehead atoms. The van der Waals surface area contributed by atoms with Crippen molar-refractivity contribution in [3.05, 3.63) is 24.3 Å². The van der Waals surface area contributed by atoms with E-state index in [1.807, 2.05) is 25.2 Å². The van der Waals surface area contributed by atoms with Crippen molar-refractivity contribution in [3.63, 3.8) is 0 Å². The number of rotatable bonds is 5. The third kappa shape index (κ3) is 4.02. The molecule has 6 heteroatoms. The number of hydrogen-bond acceptors (Lipinski definition) is 4. The zero-order valence-corrected chi connectivity index (χ0v) is 12.6. The molecule has 1 aromatic rings. The average Bonchev–Trinajstić information content (AvgIpc) is 2.98. The first-order valence-corrected chi connectivity index (χ1v) is 6.44. The van der Waals surface area contributed by atoms with E-state index in [1.54, 1.807) is 18.1 Å². The number of amides is 1. The maximum absolute atomic E-state index is 12.0. The molecule has 0 aliphatic carbocycles. The molecule has 1 aliphatic heterocycles. The fourth-order valence-electron chi connectivity index (χ4n) is 2.15. The largest absolute Gasteiger partial charge is 0.493 e. The molecule has 1 atom stereocenters. The second kappa shape index (κ2) is 7.97. The van der Waals surface area contributed by atoms with Gasteiger partial charge in [0.25, 0.3) is 5.91 Å². The predicted octanol–water partition coefficient (Wildman–Crippen LogP) is 1.32. The molecule has 0 saturated carbocycles. The van der Waals surface area contributed by atoms with Crippen molar-refractivity contribution in [1.29, 1.82) is 0 Å². The minimum Gasteiger partial charge on any atom is -0.493 e. The second-order valence-electron chi connectivity index (χ2n) is 4.59. The summed E-state index contributed by atoms with van der Waals surface area (Å²) in [6.45, 7) is 1.86. The van der Waals surface area contributed by atoms with Gasteiger partial charge >= 0.3 is 0 Å². The number of carbonyl (C=O) groups is 1. The molecule has 20 heavy (non-hydrogen) atoms. The predicted molar refractivity (Wildman–Crippen MR) is 79.8 cm³/mol. The van der Waals surface area contributed by atoms with Crippen LogP contribution in [0.4, 0.5) is 0 Å². The summed E-state index contributed by atoms with van der Waals surface area (Å²) in [7, 11) is 3.41. The minimum atomic E-state index is -0.0143. The fourth-order valence-corrected chi connectivity index (χ4v) is 2.15. The van der Waals surface area contributed by atoms with Crippen molar-refractivity contribution < 1.29 is 14.3 Å². The molecular formula is C14H21ClN2O3. The van der Waals surface area contributed by atoms with Crippen LogP contribution in [0.3, 0.4) is 0 Å². The molecular weight excluding hydrogens is 280 g/mol. The Bertz CT molecular complexity index is 436. The van der Waals surface area contributed by atoms with E-state index >= 15 is 0 Å². The zero-order valence-electron chi connectivity index (χ0n) is 11.8. The highest BCUT2D eigenvalue weighted by molar-refractivity contribution is 5.85. The highest BCUT2D eigenvalue weighted by Gasteiger charge is 2.23. The van der Waals surface area contributed by atoms with E-state index in [0.717, 1.165) is 19.5 Å². The second-order valence-corrected chi connectivity index (χ2v) is 4.59. The molecule has 1 N–H and O–H groups in total. The van der Waals surface area contributed by atoms with Gasteiger partial charge < -0.3 is 19.7 Å². The number of carbonyl (C=O) groups excluding carboxylic acids is 1. The lowest BCUT2D eigenvalue weighted by molar-refractivity contribution is -0.133. The Morgan fingerprint density at radius 3 is 2.70 bits per heavy atom. The Balaban J connectivity index is 0.00000200. The quantitative estimate of drug-likeness (QED) is 0.891. The van der Waals surface area contributed by atoms with Gasteiger partial charge in [0, 0.05) is 19.6 Å². The lowest BCUT2D eigenvalue weighted by atomic mass is 10.2. The number of nitrogens with zero attached hydrogens (tertiary/aromatic N) is 1. The monoisotopic (exact) mass is 300 g/mol. The van der Waals surface area contributed by atoms with Crippen molar-refractivity contribution in [3.8, 4) is 11.5 Å². The molecule has 2 rings (SSSR count). The van der Waals surface area contributed by atoms with Crippen LogP contribution in [0.15, 0.2) is 24.3 Å². The van der Waals surface area contributed by atoms with Crippen molar-refractivity contribution in [2.24, 2.45) is 0 Å². The Kier molecular flexibility index (Phi) is 6.61. The van der Waals surface area contributed by atoms with E-state index in [2.05, 4.69) is 5.32 Å². The van der Waals surface area contributed by atoms with Gasteiger partial charge in [-0.1, -0.05) is 12.1 Å². The Labute approximate surface area is 125 Å². The number of benzene rings is 1. The third-order valence-electron chi connectivity index (χ3n) is 3.40. The van der Waals surface area contributed by atoms with E-state index in [-0.39, 0.29) is 31.0 Å². The normalized spacial score (nSPS) is 17.2. The summed E-state index contributed by atoms with van der Waals surface area (Å²) in [4.78, 5) is 13.8. The first kappa shape index (κ1) is 16.6. The van der Waals surface area contributed by atoms with E-state index in [9.17, 15) is 4.79 Å². The maximum atomic E-state index is 12.0. The van der Waals surface area contributed by atoms with E-state index in [0.29, 0.717) is 11.5 Å². The molecule has 1 aliphatic rings. The SMILES string of the molecule is COc1ccccc1OCC(=O)N(C)C1CCNC1.Cl. The van der Waals surface area contributed by atoms with Crippen LogP contribution in [0.1, 0.15) is 6.42 Å². The number of para-hydroxylation sites is 2. The number of ether oxygens (including phenoxy) is 2. The zero-order chi connectivity index (χ0) is 13.7. The fraction of sp³-hybridized carbons (Fsp3) is 0.500. The molecule has 1 fully saturated rings. The Hall–Kier alpha value is -1.46. The van der Waals surface area contributed by atoms with Gasteiger partial charge in [-0.05, 0) is 25.1 Å². The highest BCUT2D eigenvalue weighted by atomic mass is 35.5. The summed E-state index contributed by atoms with van der Waals surface area (Å²) in [5.74, 6) is 1.22. The first-order valence-electron chi connectivity index (χ1n) is 6.44. The summed E-state index contributed by atoms with van der Waals surface area (Å²) >= 11 is 0. The average molecular weight is 301 g/mol. The third-order valence-corrected chi connectivity index (χ3v) is 3.40. The van der Waals surface area contributed by atoms with Crippen LogP contribution < -0.4 is 14.8 Å². The molecule has 1 saturated heterocycles. The molecule has 1 unspecified atom stereocenters. The van der Waals surface area contributed by atoms with E-state index < -0.39 is 0 Å². The Morgan fingerprint density at radius 2 is 2.10 bits per heavy atom. The van der Waals surface area contributed by atoms with Crippen molar-refractivity contribution in [2.45, 2.75) is 12.5 Å². The maximum Gasteiger partial charge on any atom is 0.260 e. The van der Waals surface area contributed by atoms with Crippen LogP contribution >= 0.6 is 12.4 Å².